The summed E-state index contributed by atoms with van der Waals surface area (Å²) in [6, 6.07) is 15.1. The first-order valence-corrected chi connectivity index (χ1v) is 9.62. The van der Waals surface area contributed by atoms with Gasteiger partial charge < -0.3 is 10.1 Å². The summed E-state index contributed by atoms with van der Waals surface area (Å²) in [5, 5.41) is 7.06. The zero-order valence-corrected chi connectivity index (χ0v) is 17.0. The molecule has 0 atom stereocenters. The summed E-state index contributed by atoms with van der Waals surface area (Å²) in [6.45, 7) is 1.52. The number of rotatable bonds is 7. The smallest absolute Gasteiger partial charge is 0.251 e. The van der Waals surface area contributed by atoms with Crippen LogP contribution < -0.4 is 10.1 Å². The summed E-state index contributed by atoms with van der Waals surface area (Å²) in [6.07, 6.45) is 3.59. The minimum atomic E-state index is -0.111. The van der Waals surface area contributed by atoms with Crippen molar-refractivity contribution in [1.82, 2.24) is 15.1 Å². The molecule has 2 aromatic carbocycles. The lowest BCUT2D eigenvalue weighted by Crippen LogP contribution is -2.27. The Bertz CT molecular complexity index is 896. The molecule has 7 heteroatoms. The Kier molecular flexibility index (Phi) is 6.46. The highest BCUT2D eigenvalue weighted by molar-refractivity contribution is 9.10. The van der Waals surface area contributed by atoms with E-state index in [2.05, 4.69) is 42.3 Å². The van der Waals surface area contributed by atoms with Crippen LogP contribution in [-0.4, -0.2) is 22.2 Å². The molecule has 0 unspecified atom stereocenters. The molecule has 1 aromatic heterocycles. The minimum absolute atomic E-state index is 0.111. The summed E-state index contributed by atoms with van der Waals surface area (Å²) in [4.78, 5) is 12.3. The SMILES string of the molecule is O=C(NCCn1cc(Br)cn1)c1cccc(COc2cccc(Br)c2)c1. The predicted octanol–water partition coefficient (Wildman–Crippen LogP) is 4.42. The van der Waals surface area contributed by atoms with E-state index in [-0.39, 0.29) is 5.91 Å². The highest BCUT2D eigenvalue weighted by Gasteiger charge is 2.07. The van der Waals surface area contributed by atoms with Crippen LogP contribution in [0.25, 0.3) is 0 Å². The van der Waals surface area contributed by atoms with Gasteiger partial charge in [-0.25, -0.2) is 0 Å². The number of nitrogens with one attached hydrogen (secondary N) is 1. The summed E-state index contributed by atoms with van der Waals surface area (Å²) in [5.41, 5.74) is 1.55. The summed E-state index contributed by atoms with van der Waals surface area (Å²) in [5.74, 6) is 0.667. The van der Waals surface area contributed by atoms with Crippen molar-refractivity contribution in [2.75, 3.05) is 6.54 Å². The molecule has 26 heavy (non-hydrogen) atoms. The van der Waals surface area contributed by atoms with E-state index >= 15 is 0 Å². The minimum Gasteiger partial charge on any atom is -0.489 e. The Morgan fingerprint density at radius 2 is 1.96 bits per heavy atom. The van der Waals surface area contributed by atoms with Gasteiger partial charge in [0.2, 0.25) is 0 Å². The average molecular weight is 479 g/mol. The van der Waals surface area contributed by atoms with Gasteiger partial charge in [0.05, 0.1) is 17.2 Å². The molecule has 0 saturated heterocycles. The van der Waals surface area contributed by atoms with Crippen molar-refractivity contribution in [3.63, 3.8) is 0 Å². The molecule has 1 heterocycles. The average Bonchev–Trinajstić information content (AvgIpc) is 3.05. The molecule has 0 radical (unpaired) electrons. The first-order chi connectivity index (χ1) is 12.6. The lowest BCUT2D eigenvalue weighted by Gasteiger charge is -2.09. The third kappa shape index (κ3) is 5.44. The third-order valence-corrected chi connectivity index (χ3v) is 4.52. The van der Waals surface area contributed by atoms with E-state index in [1.807, 2.05) is 48.7 Å². The van der Waals surface area contributed by atoms with Crippen LogP contribution in [-0.2, 0) is 13.2 Å². The van der Waals surface area contributed by atoms with Crippen molar-refractivity contribution in [2.24, 2.45) is 0 Å². The standard InChI is InChI=1S/C19H17Br2N3O2/c20-16-5-2-6-18(10-16)26-13-14-3-1-4-15(9-14)19(25)22-7-8-24-12-17(21)11-23-24/h1-6,9-12H,7-8,13H2,(H,22,25). The molecule has 5 nitrogen and oxygen atoms in total. The fourth-order valence-corrected chi connectivity index (χ4v) is 3.08. The van der Waals surface area contributed by atoms with Crippen molar-refractivity contribution in [3.8, 4) is 5.75 Å². The molecule has 0 aliphatic carbocycles. The molecule has 3 aromatic rings. The number of benzene rings is 2. The van der Waals surface area contributed by atoms with E-state index in [0.717, 1.165) is 20.3 Å². The van der Waals surface area contributed by atoms with E-state index in [1.165, 1.54) is 0 Å². The van der Waals surface area contributed by atoms with Crippen LogP contribution in [0.4, 0.5) is 0 Å². The van der Waals surface area contributed by atoms with Crippen LogP contribution in [0.1, 0.15) is 15.9 Å². The van der Waals surface area contributed by atoms with Crippen LogP contribution in [0.2, 0.25) is 0 Å². The van der Waals surface area contributed by atoms with E-state index in [4.69, 9.17) is 4.74 Å². The predicted molar refractivity (Wildman–Crippen MR) is 107 cm³/mol. The molecule has 1 N–H and O–H groups in total. The molecule has 0 aliphatic rings. The molecule has 0 spiro atoms. The van der Waals surface area contributed by atoms with Crippen molar-refractivity contribution < 1.29 is 9.53 Å². The van der Waals surface area contributed by atoms with E-state index in [1.54, 1.807) is 16.9 Å². The van der Waals surface area contributed by atoms with Crippen LogP contribution in [0.5, 0.6) is 5.75 Å². The topological polar surface area (TPSA) is 56.2 Å². The van der Waals surface area contributed by atoms with Gasteiger partial charge in [-0.3, -0.25) is 9.48 Å². The Balaban J connectivity index is 1.53. The number of carbonyl (C=O) groups excluding carboxylic acids is 1. The number of carbonyl (C=O) groups is 1. The fourth-order valence-electron chi connectivity index (χ4n) is 2.37. The number of hydrogen-bond donors (Lipinski definition) is 1. The lowest BCUT2D eigenvalue weighted by molar-refractivity contribution is 0.0951. The highest BCUT2D eigenvalue weighted by atomic mass is 79.9. The van der Waals surface area contributed by atoms with E-state index in [9.17, 15) is 4.79 Å². The van der Waals surface area contributed by atoms with Gasteiger partial charge in [-0.2, -0.15) is 5.10 Å². The Labute approximate surface area is 168 Å². The van der Waals surface area contributed by atoms with Crippen LogP contribution in [0, 0.1) is 0 Å². The second kappa shape index (κ2) is 9.00. The number of hydrogen-bond acceptors (Lipinski definition) is 3. The van der Waals surface area contributed by atoms with Crippen molar-refractivity contribution in [1.29, 1.82) is 0 Å². The van der Waals surface area contributed by atoms with Crippen molar-refractivity contribution in [3.05, 3.63) is 81.0 Å². The number of ether oxygens (including phenoxy) is 1. The Morgan fingerprint density at radius 1 is 1.12 bits per heavy atom. The maximum Gasteiger partial charge on any atom is 0.251 e. The maximum absolute atomic E-state index is 12.3. The highest BCUT2D eigenvalue weighted by Crippen LogP contribution is 2.19. The quantitative estimate of drug-likeness (QED) is 0.547. The number of halogens is 2. The van der Waals surface area contributed by atoms with Crippen molar-refractivity contribution in [2.45, 2.75) is 13.2 Å². The normalized spacial score (nSPS) is 10.5. The Morgan fingerprint density at radius 3 is 2.73 bits per heavy atom. The second-order valence-corrected chi connectivity index (χ2v) is 7.46. The van der Waals surface area contributed by atoms with Gasteiger partial charge in [-0.15, -0.1) is 0 Å². The largest absolute Gasteiger partial charge is 0.489 e. The first kappa shape index (κ1) is 18.7. The Hall–Kier alpha value is -2.12. The van der Waals surface area contributed by atoms with Crippen LogP contribution >= 0.6 is 31.9 Å². The third-order valence-electron chi connectivity index (χ3n) is 3.62. The second-order valence-electron chi connectivity index (χ2n) is 5.62. The van der Waals surface area contributed by atoms with Crippen LogP contribution in [0.15, 0.2) is 69.9 Å². The van der Waals surface area contributed by atoms with Crippen molar-refractivity contribution >= 4 is 37.8 Å². The number of amides is 1. The van der Waals surface area contributed by atoms with E-state index in [0.29, 0.717) is 25.3 Å². The van der Waals surface area contributed by atoms with Gasteiger partial charge in [0.15, 0.2) is 0 Å². The van der Waals surface area contributed by atoms with Gasteiger partial charge in [0.25, 0.3) is 5.91 Å². The van der Waals surface area contributed by atoms with Gasteiger partial charge in [-0.05, 0) is 51.8 Å². The molecular weight excluding hydrogens is 462 g/mol. The molecule has 0 aliphatic heterocycles. The van der Waals surface area contributed by atoms with Gasteiger partial charge in [0, 0.05) is 22.8 Å². The van der Waals surface area contributed by atoms with E-state index < -0.39 is 0 Å². The number of nitrogens with zero attached hydrogens (tertiary/aromatic N) is 2. The molecular formula is C19H17Br2N3O2. The van der Waals surface area contributed by atoms with Gasteiger partial charge in [0.1, 0.15) is 12.4 Å². The molecule has 0 fully saturated rings. The summed E-state index contributed by atoms with van der Waals surface area (Å²) in [7, 11) is 0. The summed E-state index contributed by atoms with van der Waals surface area (Å²) >= 11 is 6.77. The lowest BCUT2D eigenvalue weighted by atomic mass is 10.1. The molecule has 3 rings (SSSR count). The molecule has 0 saturated carbocycles. The molecule has 1 amide bonds. The molecule has 134 valence electrons. The fraction of sp³-hybridized carbons (Fsp3) is 0.158. The first-order valence-electron chi connectivity index (χ1n) is 8.03. The number of aromatic nitrogens is 2. The zero-order chi connectivity index (χ0) is 18.4. The molecule has 0 bridgehead atoms. The van der Waals surface area contributed by atoms with Gasteiger partial charge >= 0.3 is 0 Å². The summed E-state index contributed by atoms with van der Waals surface area (Å²) < 4.78 is 9.43. The van der Waals surface area contributed by atoms with Crippen LogP contribution in [0.3, 0.4) is 0 Å². The monoisotopic (exact) mass is 477 g/mol. The van der Waals surface area contributed by atoms with Gasteiger partial charge in [-0.1, -0.05) is 34.1 Å². The maximum atomic E-state index is 12.3. The zero-order valence-electron chi connectivity index (χ0n) is 13.9.